The molecule has 0 radical (unpaired) electrons. The van der Waals surface area contributed by atoms with Gasteiger partial charge in [0.2, 0.25) is 0 Å². The van der Waals surface area contributed by atoms with Gasteiger partial charge >= 0.3 is 0 Å². The molecular weight excluding hydrogens is 286 g/mol. The van der Waals surface area contributed by atoms with Gasteiger partial charge in [-0.15, -0.1) is 0 Å². The highest BCUT2D eigenvalue weighted by Crippen LogP contribution is 2.22. The van der Waals surface area contributed by atoms with Crippen LogP contribution < -0.4 is 4.90 Å². The zero-order valence-electron chi connectivity index (χ0n) is 13.1. The van der Waals surface area contributed by atoms with Gasteiger partial charge in [-0.25, -0.2) is 0 Å². The van der Waals surface area contributed by atoms with E-state index in [4.69, 9.17) is 5.26 Å². The van der Waals surface area contributed by atoms with Crippen molar-refractivity contribution in [1.29, 1.82) is 5.26 Å². The fourth-order valence-corrected chi connectivity index (χ4v) is 1.84. The molecule has 0 amide bonds. The quantitative estimate of drug-likeness (QED) is 0.455. The molecule has 0 heterocycles. The van der Waals surface area contributed by atoms with E-state index in [9.17, 15) is 0 Å². The molecule has 0 bridgehead atoms. The molecule has 23 heavy (non-hydrogen) atoms. The van der Waals surface area contributed by atoms with Crippen LogP contribution in [0.4, 0.5) is 17.1 Å². The van der Waals surface area contributed by atoms with Gasteiger partial charge in [-0.3, -0.25) is 4.99 Å². The topological polar surface area (TPSA) is 64.1 Å². The maximum Gasteiger partial charge on any atom is 0.140 e. The van der Waals surface area contributed by atoms with Gasteiger partial charge < -0.3 is 4.90 Å². The first kappa shape index (κ1) is 16.1. The summed E-state index contributed by atoms with van der Waals surface area (Å²) in [6.07, 6.45) is 1.66. The summed E-state index contributed by atoms with van der Waals surface area (Å²) in [6.45, 7) is 3.35. The third kappa shape index (κ3) is 4.61. The number of azo groups is 1. The first-order chi connectivity index (χ1) is 11.1. The standard InChI is InChI=1S/C18H17N5/c1-20-17(13-19)12-14-4-6-15(7-5-14)21-22-16-8-10-18(11-9-16)23(2)3/h4-12H,1H2,2-3H3/b17-12+,22-21?. The average molecular weight is 303 g/mol. The van der Waals surface area contributed by atoms with Gasteiger partial charge in [-0.2, -0.15) is 15.5 Å². The SMILES string of the molecule is C=N/C(C#N)=C/c1ccc(N=Nc2ccc(N(C)C)cc2)cc1. The fourth-order valence-electron chi connectivity index (χ4n) is 1.84. The summed E-state index contributed by atoms with van der Waals surface area (Å²) in [4.78, 5) is 5.65. The zero-order valence-corrected chi connectivity index (χ0v) is 13.1. The Bertz CT molecular complexity index is 763. The maximum absolute atomic E-state index is 8.82. The van der Waals surface area contributed by atoms with Gasteiger partial charge in [0.1, 0.15) is 11.8 Å². The maximum atomic E-state index is 8.82. The average Bonchev–Trinajstić information content (AvgIpc) is 2.59. The van der Waals surface area contributed by atoms with Gasteiger partial charge in [0.25, 0.3) is 0 Å². The Morgan fingerprint density at radius 3 is 1.96 bits per heavy atom. The number of nitriles is 1. The lowest BCUT2D eigenvalue weighted by molar-refractivity contribution is 1.13. The van der Waals surface area contributed by atoms with Crippen molar-refractivity contribution < 1.29 is 0 Å². The Labute approximate surface area is 135 Å². The number of nitrogens with zero attached hydrogens (tertiary/aromatic N) is 5. The molecule has 2 aromatic carbocycles. The van der Waals surface area contributed by atoms with Gasteiger partial charge in [0, 0.05) is 19.8 Å². The predicted molar refractivity (Wildman–Crippen MR) is 94.5 cm³/mol. The van der Waals surface area contributed by atoms with Crippen molar-refractivity contribution in [3.63, 3.8) is 0 Å². The van der Waals surface area contributed by atoms with Crippen molar-refractivity contribution in [1.82, 2.24) is 0 Å². The van der Waals surface area contributed by atoms with Crippen LogP contribution in [0.25, 0.3) is 6.08 Å². The Balaban J connectivity index is 2.10. The highest BCUT2D eigenvalue weighted by atomic mass is 15.1. The van der Waals surface area contributed by atoms with Crippen LogP contribution >= 0.6 is 0 Å². The molecule has 5 nitrogen and oxygen atoms in total. The third-order valence-electron chi connectivity index (χ3n) is 3.13. The van der Waals surface area contributed by atoms with Crippen molar-refractivity contribution in [3.05, 3.63) is 59.8 Å². The van der Waals surface area contributed by atoms with Gasteiger partial charge in [-0.05, 0) is 54.8 Å². The lowest BCUT2D eigenvalue weighted by Crippen LogP contribution is -2.07. The van der Waals surface area contributed by atoms with E-state index in [0.29, 0.717) is 0 Å². The van der Waals surface area contributed by atoms with E-state index in [-0.39, 0.29) is 5.70 Å². The monoisotopic (exact) mass is 303 g/mol. The minimum absolute atomic E-state index is 0.278. The van der Waals surface area contributed by atoms with E-state index in [1.54, 1.807) is 6.08 Å². The van der Waals surface area contributed by atoms with Crippen molar-refractivity contribution in [2.45, 2.75) is 0 Å². The minimum Gasteiger partial charge on any atom is -0.378 e. The first-order valence-corrected chi connectivity index (χ1v) is 7.00. The summed E-state index contributed by atoms with van der Waals surface area (Å²) >= 11 is 0. The number of benzene rings is 2. The zero-order chi connectivity index (χ0) is 16.7. The predicted octanol–water partition coefficient (Wildman–Crippen LogP) is 4.73. The number of aliphatic imine (C=N–C) groups is 1. The number of rotatable bonds is 5. The third-order valence-corrected chi connectivity index (χ3v) is 3.13. The second-order valence-electron chi connectivity index (χ2n) is 5.00. The van der Waals surface area contributed by atoms with Crippen molar-refractivity contribution >= 4 is 29.9 Å². The molecular formula is C18H17N5. The number of hydrogen-bond donors (Lipinski definition) is 0. The molecule has 0 fully saturated rings. The second kappa shape index (κ2) is 7.66. The Morgan fingerprint density at radius 2 is 1.52 bits per heavy atom. The number of anilines is 1. The molecule has 0 aliphatic carbocycles. The Morgan fingerprint density at radius 1 is 1.00 bits per heavy atom. The molecule has 0 saturated carbocycles. The van der Waals surface area contributed by atoms with Crippen LogP contribution in [-0.2, 0) is 0 Å². The summed E-state index contributed by atoms with van der Waals surface area (Å²) in [7, 11) is 3.98. The Kier molecular flexibility index (Phi) is 5.37. The van der Waals surface area contributed by atoms with Crippen molar-refractivity contribution in [3.8, 4) is 6.07 Å². The lowest BCUT2D eigenvalue weighted by atomic mass is 10.2. The van der Waals surface area contributed by atoms with E-state index in [1.165, 1.54) is 0 Å². The molecule has 0 aliphatic rings. The first-order valence-electron chi connectivity index (χ1n) is 7.00. The van der Waals surface area contributed by atoms with Crippen LogP contribution in [0, 0.1) is 11.3 Å². The molecule has 0 atom stereocenters. The normalized spacial score (nSPS) is 11.3. The molecule has 0 aromatic heterocycles. The van der Waals surface area contributed by atoms with Crippen LogP contribution in [0.3, 0.4) is 0 Å². The molecule has 2 rings (SSSR count). The van der Waals surface area contributed by atoms with E-state index in [0.717, 1.165) is 22.6 Å². The van der Waals surface area contributed by atoms with Crippen LogP contribution in [0.2, 0.25) is 0 Å². The minimum atomic E-state index is 0.278. The molecule has 0 N–H and O–H groups in total. The fraction of sp³-hybridized carbons (Fsp3) is 0.111. The largest absolute Gasteiger partial charge is 0.378 e. The molecule has 114 valence electrons. The van der Waals surface area contributed by atoms with Crippen LogP contribution in [-0.4, -0.2) is 20.8 Å². The molecule has 2 aromatic rings. The molecule has 0 unspecified atom stereocenters. The molecule has 0 aliphatic heterocycles. The number of allylic oxidation sites excluding steroid dienone is 1. The van der Waals surface area contributed by atoms with E-state index >= 15 is 0 Å². The second-order valence-corrected chi connectivity index (χ2v) is 5.00. The van der Waals surface area contributed by atoms with Crippen LogP contribution in [0.5, 0.6) is 0 Å². The van der Waals surface area contributed by atoms with E-state index in [1.807, 2.05) is 73.6 Å². The smallest absolute Gasteiger partial charge is 0.140 e. The molecule has 0 spiro atoms. The number of hydrogen-bond acceptors (Lipinski definition) is 5. The van der Waals surface area contributed by atoms with Crippen LogP contribution in [0.1, 0.15) is 5.56 Å². The van der Waals surface area contributed by atoms with Gasteiger partial charge in [0.15, 0.2) is 0 Å². The highest BCUT2D eigenvalue weighted by molar-refractivity contribution is 5.60. The van der Waals surface area contributed by atoms with Crippen molar-refractivity contribution in [2.24, 2.45) is 15.2 Å². The van der Waals surface area contributed by atoms with Gasteiger partial charge in [0.05, 0.1) is 11.4 Å². The van der Waals surface area contributed by atoms with E-state index in [2.05, 4.69) is 21.9 Å². The molecule has 5 heteroatoms. The summed E-state index contributed by atoms with van der Waals surface area (Å²) in [5, 5.41) is 17.2. The Hall–Kier alpha value is -3.26. The van der Waals surface area contributed by atoms with Crippen molar-refractivity contribution in [2.75, 3.05) is 19.0 Å². The van der Waals surface area contributed by atoms with E-state index < -0.39 is 0 Å². The molecule has 0 saturated heterocycles. The van der Waals surface area contributed by atoms with Gasteiger partial charge in [-0.1, -0.05) is 12.1 Å². The van der Waals surface area contributed by atoms with Crippen LogP contribution in [0.15, 0.2) is 69.4 Å². The lowest BCUT2D eigenvalue weighted by Gasteiger charge is -2.11. The highest BCUT2D eigenvalue weighted by Gasteiger charge is 1.96. The summed E-state index contributed by atoms with van der Waals surface area (Å²) in [5.41, 5.74) is 3.79. The summed E-state index contributed by atoms with van der Waals surface area (Å²) in [5.74, 6) is 0. The summed E-state index contributed by atoms with van der Waals surface area (Å²) < 4.78 is 0. The summed E-state index contributed by atoms with van der Waals surface area (Å²) in [6, 6.07) is 17.2.